The molecule has 0 unspecified atom stereocenters. The fourth-order valence-electron chi connectivity index (χ4n) is 1.43. The number of amides is 1. The van der Waals surface area contributed by atoms with Gasteiger partial charge in [-0.3, -0.25) is 4.79 Å². The van der Waals surface area contributed by atoms with Crippen LogP contribution < -0.4 is 10.6 Å². The third-order valence-corrected chi connectivity index (χ3v) is 5.30. The summed E-state index contributed by atoms with van der Waals surface area (Å²) >= 11 is 0. The maximum atomic E-state index is 12.0. The van der Waals surface area contributed by atoms with E-state index in [9.17, 15) is 13.2 Å². The van der Waals surface area contributed by atoms with Crippen LogP contribution in [0.5, 0.6) is 0 Å². The lowest BCUT2D eigenvalue weighted by atomic mass is 10.1. The summed E-state index contributed by atoms with van der Waals surface area (Å²) in [5, 5.41) is 5.84. The second-order valence-corrected chi connectivity index (χ2v) is 7.78. The van der Waals surface area contributed by atoms with Crippen molar-refractivity contribution in [3.05, 3.63) is 29.8 Å². The smallest absolute Gasteiger partial charge is 0.245 e. The largest absolute Gasteiger partial charge is 0.325 e. The van der Waals surface area contributed by atoms with Gasteiger partial charge in [0.1, 0.15) is 4.75 Å². The van der Waals surface area contributed by atoms with E-state index in [-0.39, 0.29) is 0 Å². The number of nitrogens with one attached hydrogen (secondary N) is 2. The molecular formula is C14H22N2O3S. The Hall–Kier alpha value is -1.40. The monoisotopic (exact) mass is 298 g/mol. The number of rotatable bonds is 6. The van der Waals surface area contributed by atoms with Crippen molar-refractivity contribution in [3.8, 4) is 0 Å². The number of hydrogen-bond acceptors (Lipinski definition) is 4. The number of carbonyl (C=O) groups is 1. The van der Waals surface area contributed by atoms with E-state index in [1.807, 2.05) is 19.1 Å². The Morgan fingerprint density at radius 3 is 2.20 bits per heavy atom. The van der Waals surface area contributed by atoms with Gasteiger partial charge in [-0.1, -0.05) is 19.1 Å². The van der Waals surface area contributed by atoms with E-state index in [0.717, 1.165) is 24.9 Å². The van der Waals surface area contributed by atoms with E-state index in [1.165, 1.54) is 13.8 Å². The normalized spacial score (nSPS) is 12.2. The summed E-state index contributed by atoms with van der Waals surface area (Å²) in [5.74, 6) is -0.528. The van der Waals surface area contributed by atoms with Gasteiger partial charge in [-0.25, -0.2) is 8.42 Å². The molecule has 112 valence electrons. The van der Waals surface area contributed by atoms with E-state index >= 15 is 0 Å². The maximum absolute atomic E-state index is 12.0. The molecule has 0 saturated heterocycles. The quantitative estimate of drug-likeness (QED) is 0.835. The average molecular weight is 298 g/mol. The van der Waals surface area contributed by atoms with Crippen molar-refractivity contribution < 1.29 is 13.2 Å². The topological polar surface area (TPSA) is 75.3 Å². The van der Waals surface area contributed by atoms with Crippen LogP contribution in [0.1, 0.15) is 26.3 Å². The number of hydrogen-bond donors (Lipinski definition) is 2. The Bertz CT molecular complexity index is 563. The van der Waals surface area contributed by atoms with Gasteiger partial charge >= 0.3 is 0 Å². The molecule has 1 aromatic rings. The summed E-state index contributed by atoms with van der Waals surface area (Å²) in [4.78, 5) is 12.0. The lowest BCUT2D eigenvalue weighted by Crippen LogP contribution is -2.43. The van der Waals surface area contributed by atoms with Crippen LogP contribution in [0.25, 0.3) is 0 Å². The summed E-state index contributed by atoms with van der Waals surface area (Å²) in [7, 11) is -3.46. The highest BCUT2D eigenvalue weighted by Crippen LogP contribution is 2.18. The van der Waals surface area contributed by atoms with Gasteiger partial charge in [-0.2, -0.15) is 0 Å². The fourth-order valence-corrected chi connectivity index (χ4v) is 1.81. The zero-order valence-electron chi connectivity index (χ0n) is 12.4. The van der Waals surface area contributed by atoms with Crippen LogP contribution >= 0.6 is 0 Å². The third-order valence-electron chi connectivity index (χ3n) is 3.26. The van der Waals surface area contributed by atoms with Crippen molar-refractivity contribution in [3.63, 3.8) is 0 Å². The third kappa shape index (κ3) is 4.05. The van der Waals surface area contributed by atoms with Crippen molar-refractivity contribution in [2.75, 3.05) is 18.1 Å². The highest BCUT2D eigenvalue weighted by Gasteiger charge is 2.38. The summed E-state index contributed by atoms with van der Waals surface area (Å²) in [6, 6.07) is 7.32. The Morgan fingerprint density at radius 1 is 1.20 bits per heavy atom. The maximum Gasteiger partial charge on any atom is 0.245 e. The molecule has 0 atom stereocenters. The highest BCUT2D eigenvalue weighted by molar-refractivity contribution is 7.92. The molecule has 0 spiro atoms. The minimum absolute atomic E-state index is 0.528. The summed E-state index contributed by atoms with van der Waals surface area (Å²) in [5.41, 5.74) is 1.69. The molecule has 2 N–H and O–H groups in total. The molecule has 0 aromatic heterocycles. The average Bonchev–Trinajstić information content (AvgIpc) is 2.36. The van der Waals surface area contributed by atoms with Gasteiger partial charge in [-0.05, 0) is 38.1 Å². The van der Waals surface area contributed by atoms with E-state index in [1.54, 1.807) is 12.1 Å². The molecule has 1 amide bonds. The van der Waals surface area contributed by atoms with Gasteiger partial charge < -0.3 is 10.6 Å². The molecular weight excluding hydrogens is 276 g/mol. The number of anilines is 1. The van der Waals surface area contributed by atoms with Gasteiger partial charge in [0.15, 0.2) is 9.84 Å². The van der Waals surface area contributed by atoms with Crippen LogP contribution in [0.2, 0.25) is 0 Å². The van der Waals surface area contributed by atoms with Crippen molar-refractivity contribution in [1.29, 1.82) is 0 Å². The van der Waals surface area contributed by atoms with Crippen LogP contribution in [0.4, 0.5) is 5.69 Å². The molecule has 20 heavy (non-hydrogen) atoms. The molecule has 5 nitrogen and oxygen atoms in total. The van der Waals surface area contributed by atoms with E-state index in [2.05, 4.69) is 10.6 Å². The van der Waals surface area contributed by atoms with Gasteiger partial charge in [0.25, 0.3) is 0 Å². The molecule has 0 fully saturated rings. The first-order chi connectivity index (χ1) is 9.18. The molecule has 1 rings (SSSR count). The van der Waals surface area contributed by atoms with Crippen molar-refractivity contribution >= 4 is 21.4 Å². The van der Waals surface area contributed by atoms with Crippen LogP contribution in [0.15, 0.2) is 24.3 Å². The Kier molecular flexibility index (Phi) is 5.30. The van der Waals surface area contributed by atoms with Crippen molar-refractivity contribution in [1.82, 2.24) is 5.32 Å². The Balaban J connectivity index is 2.77. The summed E-state index contributed by atoms with van der Waals surface area (Å²) in [6.45, 7) is 6.48. The summed E-state index contributed by atoms with van der Waals surface area (Å²) < 4.78 is 21.7. The molecule has 0 radical (unpaired) electrons. The first-order valence-corrected chi connectivity index (χ1v) is 8.38. The molecule has 1 aromatic carbocycles. The second kappa shape index (κ2) is 6.37. The zero-order valence-corrected chi connectivity index (χ0v) is 13.2. The zero-order chi connectivity index (χ0) is 15.4. The van der Waals surface area contributed by atoms with E-state index < -0.39 is 20.5 Å². The fraction of sp³-hybridized carbons (Fsp3) is 0.500. The Morgan fingerprint density at radius 2 is 1.75 bits per heavy atom. The SMILES string of the molecule is CCNCc1ccc(NC(=O)C(C)(C)S(C)(=O)=O)cc1. The van der Waals surface area contributed by atoms with Crippen LogP contribution in [-0.2, 0) is 21.2 Å². The molecule has 0 aliphatic carbocycles. The first kappa shape index (κ1) is 16.7. The van der Waals surface area contributed by atoms with Crippen molar-refractivity contribution in [2.24, 2.45) is 0 Å². The molecule has 0 heterocycles. The standard InChI is InChI=1S/C14H22N2O3S/c1-5-15-10-11-6-8-12(9-7-11)16-13(17)14(2,3)20(4,18)19/h6-9,15H,5,10H2,1-4H3,(H,16,17). The van der Waals surface area contributed by atoms with Gasteiger partial charge in [-0.15, -0.1) is 0 Å². The molecule has 0 bridgehead atoms. The lowest BCUT2D eigenvalue weighted by molar-refractivity contribution is -0.117. The number of carbonyl (C=O) groups excluding carboxylic acids is 1. The van der Waals surface area contributed by atoms with Crippen LogP contribution in [0, 0.1) is 0 Å². The second-order valence-electron chi connectivity index (χ2n) is 5.21. The highest BCUT2D eigenvalue weighted by atomic mass is 32.2. The molecule has 0 aliphatic rings. The Labute approximate surface area is 120 Å². The number of sulfone groups is 1. The molecule has 0 aliphatic heterocycles. The molecule has 6 heteroatoms. The van der Waals surface area contributed by atoms with Crippen molar-refractivity contribution in [2.45, 2.75) is 32.1 Å². The predicted molar refractivity (Wildman–Crippen MR) is 81.4 cm³/mol. The minimum atomic E-state index is -3.46. The number of benzene rings is 1. The van der Waals surface area contributed by atoms with Crippen LogP contribution in [-0.4, -0.2) is 31.9 Å². The lowest BCUT2D eigenvalue weighted by Gasteiger charge is -2.21. The van der Waals surface area contributed by atoms with Gasteiger partial charge in [0, 0.05) is 18.5 Å². The summed E-state index contributed by atoms with van der Waals surface area (Å²) in [6.07, 6.45) is 1.06. The predicted octanol–water partition coefficient (Wildman–Crippen LogP) is 1.56. The van der Waals surface area contributed by atoms with Gasteiger partial charge in [0.2, 0.25) is 5.91 Å². The first-order valence-electron chi connectivity index (χ1n) is 6.49. The molecule has 0 saturated carbocycles. The van der Waals surface area contributed by atoms with E-state index in [0.29, 0.717) is 5.69 Å². The van der Waals surface area contributed by atoms with E-state index in [4.69, 9.17) is 0 Å². The minimum Gasteiger partial charge on any atom is -0.325 e. The van der Waals surface area contributed by atoms with Gasteiger partial charge in [0.05, 0.1) is 0 Å². The van der Waals surface area contributed by atoms with Crippen LogP contribution in [0.3, 0.4) is 0 Å².